The summed E-state index contributed by atoms with van der Waals surface area (Å²) in [6, 6.07) is 16.1. The minimum absolute atomic E-state index is 0.0801. The van der Waals surface area contributed by atoms with Gasteiger partial charge in [-0.05, 0) is 84.3 Å². The summed E-state index contributed by atoms with van der Waals surface area (Å²) >= 11 is 3.43. The Morgan fingerprint density at radius 3 is 1.30 bits per heavy atom. The van der Waals surface area contributed by atoms with Crippen molar-refractivity contribution in [1.82, 2.24) is 0 Å². The van der Waals surface area contributed by atoms with Gasteiger partial charge in [-0.2, -0.15) is 0 Å². The lowest BCUT2D eigenvalue weighted by atomic mass is 9.82. The van der Waals surface area contributed by atoms with Crippen LogP contribution in [-0.4, -0.2) is 27.7 Å². The van der Waals surface area contributed by atoms with Crippen molar-refractivity contribution < 1.29 is 9.59 Å². The fourth-order valence-electron chi connectivity index (χ4n) is 6.15. The molecule has 2 aromatic heterocycles. The van der Waals surface area contributed by atoms with E-state index >= 15 is 0 Å². The molecule has 4 aromatic rings. The first kappa shape index (κ1) is 38.0. The molecule has 2 nitrogen and oxygen atoms in total. The van der Waals surface area contributed by atoms with Gasteiger partial charge in [-0.3, -0.25) is 9.59 Å². The molecule has 0 spiro atoms. The summed E-state index contributed by atoms with van der Waals surface area (Å²) in [5.41, 5.74) is 13.7. The van der Waals surface area contributed by atoms with Gasteiger partial charge in [0.15, 0.2) is 11.6 Å². The van der Waals surface area contributed by atoms with Gasteiger partial charge in [0.25, 0.3) is 0 Å². The monoisotopic (exact) mass is 732 g/mol. The molecule has 0 amide bonds. The average Bonchev–Trinajstić information content (AvgIpc) is 3.68. The van der Waals surface area contributed by atoms with E-state index in [1.54, 1.807) is 22.7 Å². The molecule has 50 heavy (non-hydrogen) atoms. The number of carbonyl (C=O) groups excluding carboxylic acids is 2. The number of unbranched alkanes of at least 4 members (excludes halogenated alkanes) is 6. The molecular weight excluding hydrogens is 681 g/mol. The number of benzene rings is 2. The van der Waals surface area contributed by atoms with Crippen molar-refractivity contribution in [3.63, 3.8) is 0 Å². The molecule has 0 atom stereocenters. The van der Waals surface area contributed by atoms with Crippen molar-refractivity contribution >= 4 is 50.4 Å². The fraction of sp³-hybridized carbons (Fsp3) is 0.409. The molecule has 0 aliphatic heterocycles. The topological polar surface area (TPSA) is 34.1 Å². The molecule has 0 fully saturated rings. The zero-order valence-electron chi connectivity index (χ0n) is 31.3. The number of rotatable bonds is 12. The van der Waals surface area contributed by atoms with E-state index in [1.807, 2.05) is 36.4 Å². The van der Waals surface area contributed by atoms with Crippen molar-refractivity contribution in [3.8, 4) is 43.8 Å². The van der Waals surface area contributed by atoms with Gasteiger partial charge >= 0.3 is 0 Å². The van der Waals surface area contributed by atoms with Gasteiger partial charge in [0.05, 0.1) is 9.75 Å². The smallest absolute Gasteiger partial charge is 0.194 e. The molecule has 1 aliphatic rings. The Balaban J connectivity index is 1.49. The number of thiophene rings is 2. The van der Waals surface area contributed by atoms with Crippen LogP contribution in [0.2, 0.25) is 39.3 Å². The second kappa shape index (κ2) is 16.4. The van der Waals surface area contributed by atoms with Crippen LogP contribution in [0.15, 0.2) is 48.5 Å². The molecule has 0 saturated carbocycles. The van der Waals surface area contributed by atoms with Crippen molar-refractivity contribution in [2.45, 2.75) is 117 Å². The maximum atomic E-state index is 14.2. The highest BCUT2D eigenvalue weighted by atomic mass is 32.1. The Labute approximate surface area is 311 Å². The highest BCUT2D eigenvalue weighted by Gasteiger charge is 2.31. The van der Waals surface area contributed by atoms with Crippen LogP contribution >= 0.6 is 22.7 Å². The van der Waals surface area contributed by atoms with Gasteiger partial charge in [0, 0.05) is 32.0 Å². The Bertz CT molecular complexity index is 1870. The van der Waals surface area contributed by atoms with Gasteiger partial charge in [0.2, 0.25) is 0 Å². The Morgan fingerprint density at radius 2 is 0.920 bits per heavy atom. The lowest BCUT2D eigenvalue weighted by Gasteiger charge is -2.19. The minimum Gasteiger partial charge on any atom is -0.289 e. The van der Waals surface area contributed by atoms with Crippen molar-refractivity contribution in [1.29, 1.82) is 0 Å². The minimum atomic E-state index is -1.54. The summed E-state index contributed by atoms with van der Waals surface area (Å²) in [6.07, 6.45) is 11.7. The zero-order chi connectivity index (χ0) is 36.1. The fourth-order valence-corrected chi connectivity index (χ4v) is 9.46. The standard InChI is InChI=1S/C44H52O2S2Si2/c1-9-11-13-15-17-31-29-41(47-39(31)23-25-49(3,4)5)33-19-21-35-37(27-33)44(46)38-28-34(20-22-36(38)43(35)45)42-30-32(18-16-14-12-10-2)40(48-42)24-26-50(6,7)8/h19-22,27-30H,9-18H2,1-8H3. The van der Waals surface area contributed by atoms with Crippen molar-refractivity contribution in [3.05, 3.63) is 91.7 Å². The van der Waals surface area contributed by atoms with Crippen LogP contribution in [0.3, 0.4) is 0 Å². The van der Waals surface area contributed by atoms with E-state index in [4.69, 9.17) is 0 Å². The van der Waals surface area contributed by atoms with E-state index in [9.17, 15) is 9.59 Å². The number of hydrogen-bond acceptors (Lipinski definition) is 4. The van der Waals surface area contributed by atoms with E-state index in [0.717, 1.165) is 56.3 Å². The molecule has 0 saturated heterocycles. The van der Waals surface area contributed by atoms with Crippen molar-refractivity contribution in [2.24, 2.45) is 0 Å². The normalized spacial score (nSPS) is 12.6. The maximum absolute atomic E-state index is 14.2. The number of aryl methyl sites for hydroxylation is 2. The number of fused-ring (bicyclic) bond motifs is 2. The quantitative estimate of drug-likeness (QED) is 0.0727. The third-order valence-electron chi connectivity index (χ3n) is 8.91. The van der Waals surface area contributed by atoms with Gasteiger partial charge in [-0.1, -0.05) is 116 Å². The molecule has 2 aromatic carbocycles. The van der Waals surface area contributed by atoms with E-state index in [0.29, 0.717) is 22.3 Å². The molecule has 5 rings (SSSR count). The van der Waals surface area contributed by atoms with Crippen molar-refractivity contribution in [2.75, 3.05) is 0 Å². The number of ketones is 2. The van der Waals surface area contributed by atoms with Crippen LogP contribution in [0, 0.1) is 22.9 Å². The first-order valence-electron chi connectivity index (χ1n) is 18.5. The van der Waals surface area contributed by atoms with Crippen LogP contribution in [0.4, 0.5) is 0 Å². The maximum Gasteiger partial charge on any atom is 0.194 e. The molecule has 2 heterocycles. The third kappa shape index (κ3) is 9.53. The molecule has 6 heteroatoms. The summed E-state index contributed by atoms with van der Waals surface area (Å²) in [5.74, 6) is 6.91. The lowest BCUT2D eigenvalue weighted by Crippen LogP contribution is -2.20. The van der Waals surface area contributed by atoms with Gasteiger partial charge in [-0.25, -0.2) is 0 Å². The third-order valence-corrected chi connectivity index (χ3v) is 12.9. The van der Waals surface area contributed by atoms with Crippen LogP contribution < -0.4 is 0 Å². The Kier molecular flexibility index (Phi) is 12.4. The summed E-state index contributed by atoms with van der Waals surface area (Å²) in [5, 5.41) is 0. The molecular formula is C44H52O2S2Si2. The first-order valence-corrected chi connectivity index (χ1v) is 27.1. The van der Waals surface area contributed by atoms with E-state index in [2.05, 4.69) is 88.2 Å². The Hall–Kier alpha value is -3.27. The van der Waals surface area contributed by atoms with Crippen LogP contribution in [0.25, 0.3) is 20.9 Å². The number of carbonyl (C=O) groups is 2. The van der Waals surface area contributed by atoms with E-state index in [1.165, 1.54) is 49.7 Å². The molecule has 0 N–H and O–H groups in total. The number of hydrogen-bond donors (Lipinski definition) is 0. The van der Waals surface area contributed by atoms with Gasteiger partial charge in [0.1, 0.15) is 16.1 Å². The van der Waals surface area contributed by atoms with Gasteiger partial charge < -0.3 is 0 Å². The molecule has 1 aliphatic carbocycles. The van der Waals surface area contributed by atoms with Crippen LogP contribution in [0.5, 0.6) is 0 Å². The zero-order valence-corrected chi connectivity index (χ0v) is 35.0. The van der Waals surface area contributed by atoms with Gasteiger partial charge in [-0.15, -0.1) is 33.8 Å². The molecule has 0 unspecified atom stereocenters. The SMILES string of the molecule is CCCCCCc1cc(-c2ccc3c(c2)C(=O)c2cc(-c4cc(CCCCCC)c(C#C[Si](C)(C)C)s4)ccc2C3=O)sc1C#C[Si](C)(C)C. The summed E-state index contributed by atoms with van der Waals surface area (Å²) in [4.78, 5) is 32.5. The van der Waals surface area contributed by atoms with Crippen LogP contribution in [0.1, 0.15) is 118 Å². The van der Waals surface area contributed by atoms with E-state index < -0.39 is 16.1 Å². The largest absolute Gasteiger partial charge is 0.289 e. The lowest BCUT2D eigenvalue weighted by molar-refractivity contribution is 0.0979. The average molecular weight is 733 g/mol. The summed E-state index contributed by atoms with van der Waals surface area (Å²) in [7, 11) is -3.08. The second-order valence-electron chi connectivity index (χ2n) is 15.7. The highest BCUT2D eigenvalue weighted by molar-refractivity contribution is 7.16. The summed E-state index contributed by atoms with van der Waals surface area (Å²) in [6.45, 7) is 18.1. The first-order chi connectivity index (χ1) is 23.8. The molecule has 0 bridgehead atoms. The highest BCUT2D eigenvalue weighted by Crippen LogP contribution is 2.38. The molecule has 260 valence electrons. The van der Waals surface area contributed by atoms with Crippen LogP contribution in [-0.2, 0) is 12.8 Å². The summed E-state index contributed by atoms with van der Waals surface area (Å²) < 4.78 is 0. The van der Waals surface area contributed by atoms with E-state index in [-0.39, 0.29) is 11.6 Å². The predicted octanol–water partition coefficient (Wildman–Crippen LogP) is 12.6. The predicted molar refractivity (Wildman–Crippen MR) is 223 cm³/mol. The Morgan fingerprint density at radius 1 is 0.520 bits per heavy atom. The second-order valence-corrected chi connectivity index (χ2v) is 27.3. The molecule has 0 radical (unpaired) electrons.